The van der Waals surface area contributed by atoms with Gasteiger partial charge in [0.2, 0.25) is 0 Å². The van der Waals surface area contributed by atoms with Crippen LogP contribution in [-0.4, -0.2) is 29.0 Å². The van der Waals surface area contributed by atoms with Gasteiger partial charge in [0.25, 0.3) is 0 Å². The summed E-state index contributed by atoms with van der Waals surface area (Å²) in [5.74, 6) is 0. The second-order valence-electron chi connectivity index (χ2n) is 5.41. The minimum Gasteiger partial charge on any atom is -0.445 e. The smallest absolute Gasteiger partial charge is 0.407 e. The van der Waals surface area contributed by atoms with Gasteiger partial charge in [-0.15, -0.1) is 0 Å². The van der Waals surface area contributed by atoms with Gasteiger partial charge in [0.05, 0.1) is 11.6 Å². The van der Waals surface area contributed by atoms with Crippen LogP contribution in [0.1, 0.15) is 22.8 Å². The molecule has 0 fully saturated rings. The highest BCUT2D eigenvalue weighted by atomic mass is 16.5. The number of nitrogen functional groups attached to an aromatic ring is 1. The van der Waals surface area contributed by atoms with E-state index in [1.54, 1.807) is 0 Å². The molecule has 130 valence electrons. The van der Waals surface area contributed by atoms with Crippen molar-refractivity contribution in [2.75, 3.05) is 12.3 Å². The van der Waals surface area contributed by atoms with E-state index in [4.69, 9.17) is 15.7 Å². The highest BCUT2D eigenvalue weighted by Crippen LogP contribution is 2.22. The monoisotopic (exact) mass is 341 g/mol. The van der Waals surface area contributed by atoms with E-state index in [0.717, 1.165) is 5.56 Å². The number of nitriles is 1. The normalized spacial score (nSPS) is 12.7. The number of nitrogens with zero attached hydrogens (tertiary/aromatic N) is 1. The molecule has 2 atom stereocenters. The zero-order valence-corrected chi connectivity index (χ0v) is 13.4. The summed E-state index contributed by atoms with van der Waals surface area (Å²) in [4.78, 5) is 11.7. The fraction of sp³-hybridized carbons (Fsp3) is 0.222. The Morgan fingerprint density at radius 3 is 2.64 bits per heavy atom. The number of benzene rings is 2. The van der Waals surface area contributed by atoms with E-state index in [2.05, 4.69) is 5.32 Å². The fourth-order valence-corrected chi connectivity index (χ4v) is 2.21. The SMILES string of the molecule is N#Cc1cc(N)ccc1C(O)C(O)CNC(=O)OCc1ccccc1. The summed E-state index contributed by atoms with van der Waals surface area (Å²) in [5, 5.41) is 31.7. The van der Waals surface area contributed by atoms with Gasteiger partial charge in [-0.3, -0.25) is 0 Å². The Bertz CT molecular complexity index is 759. The molecule has 0 saturated carbocycles. The molecule has 0 saturated heterocycles. The van der Waals surface area contributed by atoms with Gasteiger partial charge in [-0.1, -0.05) is 36.4 Å². The zero-order chi connectivity index (χ0) is 18.2. The molecular formula is C18H19N3O4. The Labute approximate surface area is 145 Å². The van der Waals surface area contributed by atoms with Gasteiger partial charge in [-0.25, -0.2) is 4.79 Å². The van der Waals surface area contributed by atoms with E-state index < -0.39 is 18.3 Å². The Kier molecular flexibility index (Phi) is 6.34. The van der Waals surface area contributed by atoms with Crippen LogP contribution in [0, 0.1) is 11.3 Å². The average molecular weight is 341 g/mol. The van der Waals surface area contributed by atoms with E-state index in [0.29, 0.717) is 5.69 Å². The molecule has 1 amide bonds. The third kappa shape index (κ3) is 5.21. The van der Waals surface area contributed by atoms with Crippen LogP contribution in [0.25, 0.3) is 0 Å². The van der Waals surface area contributed by atoms with Crippen molar-refractivity contribution in [2.24, 2.45) is 0 Å². The Morgan fingerprint density at radius 2 is 1.96 bits per heavy atom. The van der Waals surface area contributed by atoms with Gasteiger partial charge in [-0.2, -0.15) is 5.26 Å². The molecule has 2 rings (SSSR count). The molecule has 0 heterocycles. The number of hydrogen-bond donors (Lipinski definition) is 4. The second-order valence-corrected chi connectivity index (χ2v) is 5.41. The number of anilines is 1. The number of alkyl carbamates (subject to hydrolysis) is 1. The van der Waals surface area contributed by atoms with Gasteiger partial charge in [0.15, 0.2) is 0 Å². The van der Waals surface area contributed by atoms with Crippen molar-refractivity contribution >= 4 is 11.8 Å². The van der Waals surface area contributed by atoms with Crippen molar-refractivity contribution in [3.63, 3.8) is 0 Å². The van der Waals surface area contributed by atoms with Crippen molar-refractivity contribution in [3.8, 4) is 6.07 Å². The Morgan fingerprint density at radius 1 is 1.24 bits per heavy atom. The average Bonchev–Trinajstić information content (AvgIpc) is 2.64. The van der Waals surface area contributed by atoms with E-state index in [-0.39, 0.29) is 24.3 Å². The molecule has 2 unspecified atom stereocenters. The van der Waals surface area contributed by atoms with Gasteiger partial charge < -0.3 is 26.0 Å². The lowest BCUT2D eigenvalue weighted by atomic mass is 9.98. The van der Waals surface area contributed by atoms with E-state index in [1.807, 2.05) is 36.4 Å². The van der Waals surface area contributed by atoms with Gasteiger partial charge in [0.1, 0.15) is 18.8 Å². The number of carbonyl (C=O) groups is 1. The molecular weight excluding hydrogens is 322 g/mol. The van der Waals surface area contributed by atoms with Crippen molar-refractivity contribution < 1.29 is 19.7 Å². The standard InChI is InChI=1S/C18H19N3O4/c19-9-13-8-14(20)6-7-15(13)17(23)16(22)10-21-18(24)25-11-12-4-2-1-3-5-12/h1-8,16-17,22-23H,10-11,20H2,(H,21,24). The van der Waals surface area contributed by atoms with Gasteiger partial charge in [0, 0.05) is 17.8 Å². The number of amides is 1. The van der Waals surface area contributed by atoms with Crippen LogP contribution in [-0.2, 0) is 11.3 Å². The first-order chi connectivity index (χ1) is 12.0. The van der Waals surface area contributed by atoms with Crippen LogP contribution in [0.3, 0.4) is 0 Å². The quantitative estimate of drug-likeness (QED) is 0.589. The lowest BCUT2D eigenvalue weighted by Gasteiger charge is -2.19. The summed E-state index contributed by atoms with van der Waals surface area (Å²) in [5.41, 5.74) is 7.21. The minimum atomic E-state index is -1.34. The number of nitrogens with one attached hydrogen (secondary N) is 1. The topological polar surface area (TPSA) is 129 Å². The number of ether oxygens (including phenoxy) is 1. The second kappa shape index (κ2) is 8.68. The summed E-state index contributed by atoms with van der Waals surface area (Å²) in [6, 6.07) is 15.5. The predicted molar refractivity (Wildman–Crippen MR) is 91.2 cm³/mol. The zero-order valence-electron chi connectivity index (χ0n) is 13.4. The lowest BCUT2D eigenvalue weighted by molar-refractivity contribution is 0.0182. The third-order valence-electron chi connectivity index (χ3n) is 3.55. The molecule has 0 aliphatic rings. The first-order valence-corrected chi connectivity index (χ1v) is 7.61. The first-order valence-electron chi connectivity index (χ1n) is 7.61. The summed E-state index contributed by atoms with van der Waals surface area (Å²) in [7, 11) is 0. The maximum Gasteiger partial charge on any atom is 0.407 e. The lowest BCUT2D eigenvalue weighted by Crippen LogP contribution is -2.36. The third-order valence-corrected chi connectivity index (χ3v) is 3.55. The summed E-state index contributed by atoms with van der Waals surface area (Å²) in [6.45, 7) is -0.133. The summed E-state index contributed by atoms with van der Waals surface area (Å²) >= 11 is 0. The molecule has 0 bridgehead atoms. The highest BCUT2D eigenvalue weighted by Gasteiger charge is 2.22. The number of aliphatic hydroxyl groups is 2. The molecule has 0 radical (unpaired) electrons. The van der Waals surface area contributed by atoms with Gasteiger partial charge >= 0.3 is 6.09 Å². The summed E-state index contributed by atoms with van der Waals surface area (Å²) < 4.78 is 5.01. The first kappa shape index (κ1) is 18.3. The molecule has 0 aliphatic carbocycles. The van der Waals surface area contributed by atoms with Crippen LogP contribution in [0.4, 0.5) is 10.5 Å². The molecule has 25 heavy (non-hydrogen) atoms. The maximum absolute atomic E-state index is 11.7. The predicted octanol–water partition coefficient (Wildman–Crippen LogP) is 1.46. The van der Waals surface area contributed by atoms with Crippen molar-refractivity contribution in [3.05, 3.63) is 65.2 Å². The number of aliphatic hydroxyl groups excluding tert-OH is 2. The van der Waals surface area contributed by atoms with Gasteiger partial charge in [-0.05, 0) is 17.7 Å². The molecule has 7 nitrogen and oxygen atoms in total. The van der Waals surface area contributed by atoms with Crippen molar-refractivity contribution in [2.45, 2.75) is 18.8 Å². The van der Waals surface area contributed by atoms with Crippen LogP contribution in [0.15, 0.2) is 48.5 Å². The van der Waals surface area contributed by atoms with Crippen LogP contribution in [0.5, 0.6) is 0 Å². The van der Waals surface area contributed by atoms with Crippen LogP contribution in [0.2, 0.25) is 0 Å². The van der Waals surface area contributed by atoms with Crippen LogP contribution >= 0.6 is 0 Å². The van der Waals surface area contributed by atoms with Crippen LogP contribution < -0.4 is 11.1 Å². The summed E-state index contributed by atoms with van der Waals surface area (Å²) in [6.07, 6.45) is -3.36. The molecule has 7 heteroatoms. The minimum absolute atomic E-state index is 0.0991. The molecule has 5 N–H and O–H groups in total. The number of carbonyl (C=O) groups excluding carboxylic acids is 1. The Balaban J connectivity index is 1.86. The molecule has 2 aromatic rings. The fourth-order valence-electron chi connectivity index (χ4n) is 2.21. The Hall–Kier alpha value is -3.08. The van der Waals surface area contributed by atoms with Crippen molar-refractivity contribution in [1.29, 1.82) is 5.26 Å². The number of hydrogen-bond acceptors (Lipinski definition) is 6. The van der Waals surface area contributed by atoms with Crippen molar-refractivity contribution in [1.82, 2.24) is 5.32 Å². The number of nitrogens with two attached hydrogens (primary N) is 1. The highest BCUT2D eigenvalue weighted by molar-refractivity contribution is 5.67. The molecule has 0 aromatic heterocycles. The number of rotatable bonds is 6. The molecule has 0 aliphatic heterocycles. The van der Waals surface area contributed by atoms with E-state index in [9.17, 15) is 15.0 Å². The van der Waals surface area contributed by atoms with E-state index >= 15 is 0 Å². The largest absolute Gasteiger partial charge is 0.445 e. The molecule has 2 aromatic carbocycles. The van der Waals surface area contributed by atoms with E-state index in [1.165, 1.54) is 18.2 Å². The molecule has 0 spiro atoms. The maximum atomic E-state index is 11.7.